The van der Waals surface area contributed by atoms with Gasteiger partial charge < -0.3 is 15.4 Å². The summed E-state index contributed by atoms with van der Waals surface area (Å²) in [4.78, 5) is 39.8. The van der Waals surface area contributed by atoms with Gasteiger partial charge in [-0.05, 0) is 36.1 Å². The highest BCUT2D eigenvalue weighted by molar-refractivity contribution is 7.98. The monoisotopic (exact) mass is 477 g/mol. The van der Waals surface area contributed by atoms with Gasteiger partial charge in [-0.3, -0.25) is 9.69 Å². The van der Waals surface area contributed by atoms with Crippen LogP contribution in [0.1, 0.15) is 17.2 Å². The summed E-state index contributed by atoms with van der Waals surface area (Å²) in [5.74, 6) is -1.48. The number of alkyl halides is 3. The van der Waals surface area contributed by atoms with Crippen molar-refractivity contribution in [3.8, 4) is 0 Å². The number of cyclic esters (lactones) is 1. The molecule has 11 heteroatoms. The number of urea groups is 1. The van der Waals surface area contributed by atoms with Gasteiger partial charge in [0.2, 0.25) is 5.91 Å². The van der Waals surface area contributed by atoms with Crippen molar-refractivity contribution in [1.29, 1.82) is 0 Å². The Morgan fingerprint density at radius 3 is 2.55 bits per heavy atom. The fourth-order valence-corrected chi connectivity index (χ4v) is 4.11. The molecule has 2 N–H and O–H groups in total. The van der Waals surface area contributed by atoms with E-state index in [1.54, 1.807) is 23.9 Å². The first kappa shape index (κ1) is 22.7. The van der Waals surface area contributed by atoms with E-state index in [1.165, 1.54) is 12.1 Å². The minimum absolute atomic E-state index is 0.190. The number of para-hydroxylation sites is 1. The molecule has 2 heterocycles. The fourth-order valence-electron chi connectivity index (χ4n) is 3.70. The molecule has 0 spiro atoms. The van der Waals surface area contributed by atoms with E-state index in [1.807, 2.05) is 18.4 Å². The summed E-state index contributed by atoms with van der Waals surface area (Å²) in [6.07, 6.45) is -2.74. The van der Waals surface area contributed by atoms with E-state index >= 15 is 0 Å². The summed E-state index contributed by atoms with van der Waals surface area (Å²) in [5.41, 5.74) is -0.366. The molecule has 0 radical (unpaired) electrons. The Hall–Kier alpha value is -3.47. The molecular formula is C22H18F3N3O4S. The largest absolute Gasteiger partial charge is 0.456 e. The summed E-state index contributed by atoms with van der Waals surface area (Å²) in [7, 11) is 0. The average Bonchev–Trinajstić information content (AvgIpc) is 3.17. The molecule has 2 aliphatic heterocycles. The highest BCUT2D eigenvalue weighted by atomic mass is 32.2. The molecule has 2 aromatic rings. The van der Waals surface area contributed by atoms with E-state index in [2.05, 4.69) is 10.6 Å². The van der Waals surface area contributed by atoms with Crippen LogP contribution in [0.2, 0.25) is 0 Å². The van der Waals surface area contributed by atoms with Crippen LogP contribution in [0, 0.1) is 0 Å². The Kier molecular flexibility index (Phi) is 6.07. The maximum atomic E-state index is 13.2. The molecule has 0 saturated heterocycles. The van der Waals surface area contributed by atoms with Crippen molar-refractivity contribution in [1.82, 2.24) is 10.2 Å². The lowest BCUT2D eigenvalue weighted by molar-refractivity contribution is -0.137. The first-order valence-electron chi connectivity index (χ1n) is 9.77. The van der Waals surface area contributed by atoms with E-state index in [0.29, 0.717) is 5.56 Å². The smallest absolute Gasteiger partial charge is 0.418 e. The number of esters is 1. The first-order valence-corrected chi connectivity index (χ1v) is 11.0. The normalized spacial score (nSPS) is 18.1. The third kappa shape index (κ3) is 4.54. The number of amides is 3. The van der Waals surface area contributed by atoms with Gasteiger partial charge in [-0.25, -0.2) is 9.59 Å². The minimum atomic E-state index is -4.66. The van der Waals surface area contributed by atoms with Crippen molar-refractivity contribution in [2.75, 3.05) is 24.7 Å². The SMILES string of the molecule is CSc1ccc([C@@H]2NC(=O)N(CC(=O)Nc3ccccc3C(F)(F)F)C3=C2C(=O)OC3)cc1. The quantitative estimate of drug-likeness (QED) is 0.503. The van der Waals surface area contributed by atoms with Crippen molar-refractivity contribution in [2.45, 2.75) is 17.1 Å². The molecule has 172 valence electrons. The second-order valence-corrected chi connectivity index (χ2v) is 8.15. The minimum Gasteiger partial charge on any atom is -0.456 e. The zero-order valence-electron chi connectivity index (χ0n) is 17.2. The maximum Gasteiger partial charge on any atom is 0.418 e. The Bertz CT molecular complexity index is 1150. The van der Waals surface area contributed by atoms with Crippen molar-refractivity contribution in [3.63, 3.8) is 0 Å². The summed E-state index contributed by atoms with van der Waals surface area (Å²) in [6, 6.07) is 10.4. The zero-order chi connectivity index (χ0) is 23.8. The molecule has 2 aliphatic rings. The van der Waals surface area contributed by atoms with E-state index in [4.69, 9.17) is 4.74 Å². The third-order valence-electron chi connectivity index (χ3n) is 5.26. The number of nitrogens with zero attached hydrogens (tertiary/aromatic N) is 1. The molecule has 1 atom stereocenters. The summed E-state index contributed by atoms with van der Waals surface area (Å²) >= 11 is 1.54. The van der Waals surface area contributed by atoms with Crippen LogP contribution >= 0.6 is 11.8 Å². The lowest BCUT2D eigenvalue weighted by atomic mass is 9.96. The molecule has 0 aromatic heterocycles. The number of carbonyl (C=O) groups excluding carboxylic acids is 3. The van der Waals surface area contributed by atoms with Gasteiger partial charge in [0.05, 0.1) is 28.6 Å². The summed E-state index contributed by atoms with van der Waals surface area (Å²) in [5, 5.41) is 4.89. The molecule has 7 nitrogen and oxygen atoms in total. The number of halogens is 3. The zero-order valence-corrected chi connectivity index (χ0v) is 18.0. The second-order valence-electron chi connectivity index (χ2n) is 7.27. The standard InChI is InChI=1S/C22H18F3N3O4S/c1-33-13-8-6-12(7-9-13)19-18-16(11-32-20(18)30)28(21(31)27-19)10-17(29)26-15-5-3-2-4-14(15)22(23,24)25/h2-9,19H,10-11H2,1H3,(H,26,29)(H,27,31)/t19-/m0/s1. The molecule has 3 amide bonds. The number of rotatable bonds is 5. The van der Waals surface area contributed by atoms with Crippen LogP contribution in [0.4, 0.5) is 23.7 Å². The number of ether oxygens (including phenoxy) is 1. The van der Waals surface area contributed by atoms with Crippen molar-refractivity contribution in [3.05, 3.63) is 70.9 Å². The molecule has 33 heavy (non-hydrogen) atoms. The van der Waals surface area contributed by atoms with Gasteiger partial charge >= 0.3 is 18.2 Å². The van der Waals surface area contributed by atoms with Crippen molar-refractivity contribution >= 4 is 35.4 Å². The summed E-state index contributed by atoms with van der Waals surface area (Å²) in [6.45, 7) is -0.807. The van der Waals surface area contributed by atoms with Crippen LogP contribution in [-0.2, 0) is 20.5 Å². The predicted octanol–water partition coefficient (Wildman–Crippen LogP) is 3.94. The van der Waals surface area contributed by atoms with Crippen molar-refractivity contribution in [2.24, 2.45) is 0 Å². The highest BCUT2D eigenvalue weighted by Gasteiger charge is 2.43. The Balaban J connectivity index is 1.58. The second kappa shape index (κ2) is 8.81. The molecule has 0 saturated carbocycles. The van der Waals surface area contributed by atoms with Crippen LogP contribution in [0.3, 0.4) is 0 Å². The third-order valence-corrected chi connectivity index (χ3v) is 6.00. The molecule has 0 aliphatic carbocycles. The number of hydrogen-bond donors (Lipinski definition) is 2. The van der Waals surface area contributed by atoms with Crippen LogP contribution in [0.15, 0.2) is 64.7 Å². The fraction of sp³-hybridized carbons (Fsp3) is 0.227. The topological polar surface area (TPSA) is 87.7 Å². The lowest BCUT2D eigenvalue weighted by Crippen LogP contribution is -2.49. The number of anilines is 1. The molecule has 0 bridgehead atoms. The van der Waals surface area contributed by atoms with Gasteiger partial charge in [0.15, 0.2) is 0 Å². The highest BCUT2D eigenvalue weighted by Crippen LogP contribution is 2.36. The lowest BCUT2D eigenvalue weighted by Gasteiger charge is -2.32. The molecule has 0 fully saturated rings. The van der Waals surface area contributed by atoms with E-state index in [-0.39, 0.29) is 17.9 Å². The Labute approximate surface area is 191 Å². The number of thioether (sulfide) groups is 1. The number of carbonyl (C=O) groups is 3. The molecule has 2 aromatic carbocycles. The number of nitrogens with one attached hydrogen (secondary N) is 2. The average molecular weight is 477 g/mol. The molecule has 4 rings (SSSR count). The molecular weight excluding hydrogens is 459 g/mol. The first-order chi connectivity index (χ1) is 15.7. The van der Waals surface area contributed by atoms with Gasteiger partial charge in [-0.15, -0.1) is 11.8 Å². The van der Waals surface area contributed by atoms with Crippen LogP contribution in [0.5, 0.6) is 0 Å². The van der Waals surface area contributed by atoms with E-state index < -0.39 is 47.9 Å². The van der Waals surface area contributed by atoms with E-state index in [0.717, 1.165) is 21.9 Å². The van der Waals surface area contributed by atoms with Crippen LogP contribution < -0.4 is 10.6 Å². The van der Waals surface area contributed by atoms with E-state index in [9.17, 15) is 27.6 Å². The number of benzene rings is 2. The number of hydrogen-bond acceptors (Lipinski definition) is 5. The van der Waals surface area contributed by atoms with Crippen molar-refractivity contribution < 1.29 is 32.3 Å². The maximum absolute atomic E-state index is 13.2. The van der Waals surface area contributed by atoms with Gasteiger partial charge in [0.25, 0.3) is 0 Å². The summed E-state index contributed by atoms with van der Waals surface area (Å²) < 4.78 is 44.7. The Morgan fingerprint density at radius 2 is 1.88 bits per heavy atom. The van der Waals surface area contributed by atoms with Gasteiger partial charge in [0.1, 0.15) is 13.2 Å². The Morgan fingerprint density at radius 1 is 1.18 bits per heavy atom. The van der Waals surface area contributed by atoms with Crippen LogP contribution in [0.25, 0.3) is 0 Å². The predicted molar refractivity (Wildman–Crippen MR) is 114 cm³/mol. The van der Waals surface area contributed by atoms with Crippen LogP contribution in [-0.4, -0.2) is 42.2 Å². The van der Waals surface area contributed by atoms with Gasteiger partial charge in [0, 0.05) is 4.90 Å². The van der Waals surface area contributed by atoms with Gasteiger partial charge in [-0.2, -0.15) is 13.2 Å². The van der Waals surface area contributed by atoms with Gasteiger partial charge in [-0.1, -0.05) is 24.3 Å². The molecule has 0 unspecified atom stereocenters.